The van der Waals surface area contributed by atoms with Gasteiger partial charge in [0.1, 0.15) is 5.01 Å². The highest BCUT2D eigenvalue weighted by atomic mass is 127. The minimum Gasteiger partial charge on any atom is -0.355 e. The van der Waals surface area contributed by atoms with Crippen LogP contribution in [0.25, 0.3) is 0 Å². The molecule has 1 aliphatic heterocycles. The maximum atomic E-state index is 4.35. The largest absolute Gasteiger partial charge is 0.355 e. The van der Waals surface area contributed by atoms with E-state index in [9.17, 15) is 0 Å². The molecule has 1 aromatic rings. The Labute approximate surface area is 160 Å². The second-order valence-corrected chi connectivity index (χ2v) is 7.03. The molecule has 0 radical (unpaired) electrons. The lowest BCUT2D eigenvalue weighted by molar-refractivity contribution is 0.280. The maximum absolute atomic E-state index is 4.35. The highest BCUT2D eigenvalue weighted by Crippen LogP contribution is 2.10. The van der Waals surface area contributed by atoms with Gasteiger partial charge < -0.3 is 20.4 Å². The zero-order valence-corrected chi connectivity index (χ0v) is 17.5. The van der Waals surface area contributed by atoms with Gasteiger partial charge in [-0.05, 0) is 33.5 Å². The molecule has 1 aliphatic rings. The van der Waals surface area contributed by atoms with Crippen LogP contribution < -0.4 is 10.6 Å². The molecule has 23 heavy (non-hydrogen) atoms. The molecule has 0 aliphatic carbocycles. The molecule has 2 rings (SSSR count). The Hall–Kier alpha value is -0.450. The van der Waals surface area contributed by atoms with Crippen LogP contribution in [0.15, 0.2) is 11.2 Å². The summed E-state index contributed by atoms with van der Waals surface area (Å²) in [7, 11) is 4.01. The summed E-state index contributed by atoms with van der Waals surface area (Å²) < 4.78 is 0. The molecular weight excluding hydrogens is 423 g/mol. The monoisotopic (exact) mass is 452 g/mol. The van der Waals surface area contributed by atoms with Crippen molar-refractivity contribution >= 4 is 41.3 Å². The van der Waals surface area contributed by atoms with Gasteiger partial charge in [-0.2, -0.15) is 0 Å². The van der Waals surface area contributed by atoms with Crippen LogP contribution in [0.1, 0.15) is 16.3 Å². The summed E-state index contributed by atoms with van der Waals surface area (Å²) in [6.45, 7) is 9.50. The summed E-state index contributed by atoms with van der Waals surface area (Å²) in [5.41, 5.74) is 0. The summed E-state index contributed by atoms with van der Waals surface area (Å²) in [5.74, 6) is 0.847. The van der Waals surface area contributed by atoms with Gasteiger partial charge in [0, 0.05) is 44.3 Å². The summed E-state index contributed by atoms with van der Waals surface area (Å²) in [6, 6.07) is 0. The average Bonchev–Trinajstić information content (AvgIpc) is 2.81. The van der Waals surface area contributed by atoms with E-state index in [1.54, 1.807) is 11.3 Å². The van der Waals surface area contributed by atoms with Gasteiger partial charge in [-0.15, -0.1) is 35.3 Å². The quantitative estimate of drug-likeness (QED) is 0.402. The van der Waals surface area contributed by atoms with Crippen molar-refractivity contribution in [2.45, 2.75) is 19.9 Å². The molecule has 1 aromatic heterocycles. The topological polar surface area (TPSA) is 55.8 Å². The normalized spacial score (nSPS) is 17.4. The molecule has 8 heteroatoms. The number of nitrogens with one attached hydrogen (secondary N) is 2. The molecule has 0 aromatic carbocycles. The van der Waals surface area contributed by atoms with Crippen LogP contribution >= 0.6 is 35.3 Å². The summed E-state index contributed by atoms with van der Waals surface area (Å²) in [4.78, 5) is 14.8. The highest BCUT2D eigenvalue weighted by Gasteiger charge is 2.11. The van der Waals surface area contributed by atoms with Crippen molar-refractivity contribution in [1.29, 1.82) is 0 Å². The molecule has 0 amide bonds. The Morgan fingerprint density at radius 3 is 2.83 bits per heavy atom. The van der Waals surface area contributed by atoms with E-state index in [1.807, 2.05) is 13.2 Å². The zero-order chi connectivity index (χ0) is 15.8. The molecule has 0 spiro atoms. The Balaban J connectivity index is 0.00000264. The number of hydrogen-bond donors (Lipinski definition) is 2. The van der Waals surface area contributed by atoms with Crippen LogP contribution in [0.3, 0.4) is 0 Å². The lowest BCUT2D eigenvalue weighted by atomic mass is 10.4. The first-order chi connectivity index (χ1) is 10.7. The first-order valence-corrected chi connectivity index (χ1v) is 8.76. The molecular formula is C15H29IN6S. The lowest BCUT2D eigenvalue weighted by Crippen LogP contribution is -2.42. The van der Waals surface area contributed by atoms with E-state index in [-0.39, 0.29) is 24.0 Å². The third kappa shape index (κ3) is 7.77. The van der Waals surface area contributed by atoms with E-state index < -0.39 is 0 Å². The van der Waals surface area contributed by atoms with Gasteiger partial charge >= 0.3 is 0 Å². The first-order valence-electron chi connectivity index (χ1n) is 7.94. The first kappa shape index (κ1) is 20.6. The van der Waals surface area contributed by atoms with E-state index in [1.165, 1.54) is 24.4 Å². The molecule has 1 fully saturated rings. The van der Waals surface area contributed by atoms with Gasteiger partial charge in [0.2, 0.25) is 0 Å². The number of thiazole rings is 1. The highest BCUT2D eigenvalue weighted by molar-refractivity contribution is 14.0. The van der Waals surface area contributed by atoms with E-state index in [0.29, 0.717) is 0 Å². The zero-order valence-electron chi connectivity index (χ0n) is 14.3. The number of aliphatic imine (C=N–C) groups is 1. The third-order valence-electron chi connectivity index (χ3n) is 3.83. The van der Waals surface area contributed by atoms with E-state index in [2.05, 4.69) is 44.4 Å². The van der Waals surface area contributed by atoms with Crippen LogP contribution in [0.4, 0.5) is 0 Å². The molecule has 132 valence electrons. The van der Waals surface area contributed by atoms with Crippen molar-refractivity contribution in [2.75, 3.05) is 53.4 Å². The van der Waals surface area contributed by atoms with Gasteiger partial charge in [-0.1, -0.05) is 0 Å². The molecule has 2 N–H and O–H groups in total. The molecule has 0 unspecified atom stereocenters. The van der Waals surface area contributed by atoms with Gasteiger partial charge in [0.05, 0.1) is 6.54 Å². The molecule has 0 atom stereocenters. The van der Waals surface area contributed by atoms with Gasteiger partial charge in [0.25, 0.3) is 0 Å². The van der Waals surface area contributed by atoms with Crippen LogP contribution in [-0.4, -0.2) is 74.1 Å². The van der Waals surface area contributed by atoms with Gasteiger partial charge in [-0.25, -0.2) is 4.98 Å². The number of hydrogen-bond acceptors (Lipinski definition) is 5. The molecule has 0 saturated carbocycles. The van der Waals surface area contributed by atoms with Crippen molar-refractivity contribution in [3.63, 3.8) is 0 Å². The number of aromatic nitrogens is 1. The number of rotatable bonds is 5. The average molecular weight is 452 g/mol. The van der Waals surface area contributed by atoms with Crippen molar-refractivity contribution < 1.29 is 0 Å². The van der Waals surface area contributed by atoms with E-state index >= 15 is 0 Å². The van der Waals surface area contributed by atoms with Crippen molar-refractivity contribution in [1.82, 2.24) is 25.4 Å². The Morgan fingerprint density at radius 2 is 2.13 bits per heavy atom. The summed E-state index contributed by atoms with van der Waals surface area (Å²) in [6.07, 6.45) is 3.17. The molecule has 6 nitrogen and oxygen atoms in total. The Bertz CT molecular complexity index is 478. The van der Waals surface area contributed by atoms with Gasteiger partial charge in [0.15, 0.2) is 5.96 Å². The van der Waals surface area contributed by atoms with Crippen LogP contribution in [0, 0.1) is 6.92 Å². The number of nitrogens with zero attached hydrogens (tertiary/aromatic N) is 4. The van der Waals surface area contributed by atoms with Crippen molar-refractivity contribution in [2.24, 2.45) is 4.99 Å². The molecule has 0 bridgehead atoms. The van der Waals surface area contributed by atoms with Crippen LogP contribution in [0.2, 0.25) is 0 Å². The van der Waals surface area contributed by atoms with Gasteiger partial charge in [-0.3, -0.25) is 4.99 Å². The lowest BCUT2D eigenvalue weighted by Gasteiger charge is -2.20. The smallest absolute Gasteiger partial charge is 0.191 e. The number of guanidine groups is 1. The van der Waals surface area contributed by atoms with Crippen LogP contribution in [0.5, 0.6) is 0 Å². The van der Waals surface area contributed by atoms with Crippen molar-refractivity contribution in [3.8, 4) is 0 Å². The molecule has 1 saturated heterocycles. The van der Waals surface area contributed by atoms with Crippen molar-refractivity contribution in [3.05, 3.63) is 16.1 Å². The molecule has 2 heterocycles. The fourth-order valence-electron chi connectivity index (χ4n) is 2.52. The summed E-state index contributed by atoms with van der Waals surface area (Å²) in [5, 5.41) is 7.80. The second-order valence-electron chi connectivity index (χ2n) is 5.72. The summed E-state index contributed by atoms with van der Waals surface area (Å²) >= 11 is 1.72. The maximum Gasteiger partial charge on any atom is 0.191 e. The Kier molecular flexibility index (Phi) is 10.00. The SMILES string of the molecule is CN=C(NCCN1CCCN(C)CC1)NCc1ncc(C)s1.I. The van der Waals surface area contributed by atoms with E-state index in [4.69, 9.17) is 0 Å². The van der Waals surface area contributed by atoms with E-state index in [0.717, 1.165) is 43.7 Å². The predicted molar refractivity (Wildman–Crippen MR) is 109 cm³/mol. The minimum atomic E-state index is 0. The number of likely N-dealkylation sites (N-methyl/N-ethyl adjacent to an activating group) is 1. The predicted octanol–water partition coefficient (Wildman–Crippen LogP) is 1.37. The third-order valence-corrected chi connectivity index (χ3v) is 4.75. The fourth-order valence-corrected chi connectivity index (χ4v) is 3.25. The second kappa shape index (κ2) is 11.2. The number of aryl methyl sites for hydroxylation is 1. The standard InChI is InChI=1S/C15H28N6S.HI/c1-13-11-18-14(22-13)12-19-15(16-2)17-5-8-21-7-4-6-20(3)9-10-21;/h11H,4-10,12H2,1-3H3,(H2,16,17,19);1H. The number of halogens is 1. The van der Waals surface area contributed by atoms with Crippen LogP contribution in [-0.2, 0) is 6.54 Å². The fraction of sp³-hybridized carbons (Fsp3) is 0.733. The Morgan fingerprint density at radius 1 is 1.30 bits per heavy atom. The minimum absolute atomic E-state index is 0.